The van der Waals surface area contributed by atoms with Crippen molar-refractivity contribution in [1.29, 1.82) is 0 Å². The summed E-state index contributed by atoms with van der Waals surface area (Å²) in [6.07, 6.45) is -76.6. The molecule has 14 bridgehead atoms. The fourth-order valence-electron chi connectivity index (χ4n) is 16.4. The standard InChI is InChI=1S/C78H151N21O35/c79-15-1-8-30(86)22-44(100)93-23-37-59-45(101)52(108)72(121-37)129-60-38(24-94-66(115)31(87)9-2-16-80)123-74(54(110)47(60)103)131-62-40(26-96-68(117)33(89)11-4-18-82)125-76(56(112)49(62)105)133-64-42(28-98-70(119)35(91)13-6-20-84)127-78(58(114)51(64)107)134-65-43(29-99-71(120)36(92)14-7-21-85)126-77(57(113)50(65)106)132-63-41(27-97-69(118)34(90)12-5-19-83)124-75(55(111)48(63)104)130-61-39(122-73(128-59)53(109)46(61)102)25-95-67(116)32(88)10-3-17-81/h30-43,45-65,67,72-78,95,101-114,116H,1-29,79-92H2,(H,93,100)(H,94,115)(H,96,117)(H,97,118)(H,98,119)(H,99,120)/t30-,31-,32-,33-,34-,35-,36-,37+,38+,39+,40+,41+,42+,43+,45+,46+,47+,48+,49+,50+,51+,52+,53+,54+,55+,56+,57+,58+,59+,60+,61+,62+,63+,64+,65+,67?,72+,73+,74+,75+,76+,77+,78+/m0/s1. The number of rotatable bonds is 44. The first-order valence-electron chi connectivity index (χ1n) is 45.7. The molecule has 0 saturated carbocycles. The third-order valence-electron chi connectivity index (χ3n) is 24.6. The van der Waals surface area contributed by atoms with Gasteiger partial charge in [-0.3, -0.25) is 34.1 Å². The van der Waals surface area contributed by atoms with Gasteiger partial charge in [0.2, 0.25) is 35.4 Å². The number of hydrogen-bond donors (Lipinski definition) is 36. The van der Waals surface area contributed by atoms with E-state index in [1.54, 1.807) is 0 Å². The van der Waals surface area contributed by atoms with Crippen LogP contribution >= 0.6 is 0 Å². The van der Waals surface area contributed by atoms with Crippen molar-refractivity contribution in [3.8, 4) is 0 Å². The van der Waals surface area contributed by atoms with Gasteiger partial charge in [-0.2, -0.15) is 0 Å². The molecule has 43 atom stereocenters. The molecule has 0 aromatic heterocycles. The number of nitrogens with two attached hydrogens (primary N) is 14. The highest BCUT2D eigenvalue weighted by Gasteiger charge is 2.61. The molecule has 0 aromatic carbocycles. The predicted molar refractivity (Wildman–Crippen MR) is 459 cm³/mol. The minimum Gasteiger partial charge on any atom is -0.387 e. The summed E-state index contributed by atoms with van der Waals surface area (Å²) in [7, 11) is 0. The second-order valence-corrected chi connectivity index (χ2v) is 34.9. The van der Waals surface area contributed by atoms with Gasteiger partial charge in [-0.1, -0.05) is 0 Å². The van der Waals surface area contributed by atoms with E-state index >= 15 is 0 Å². The normalized spacial score (nSPS) is 38.5. The largest absolute Gasteiger partial charge is 0.387 e. The molecule has 1 unspecified atom stereocenters. The summed E-state index contributed by atoms with van der Waals surface area (Å²) in [6, 6.07) is -8.13. The van der Waals surface area contributed by atoms with Crippen molar-refractivity contribution in [3.05, 3.63) is 0 Å². The van der Waals surface area contributed by atoms with Gasteiger partial charge >= 0.3 is 0 Å². The summed E-state index contributed by atoms with van der Waals surface area (Å²) in [5.74, 6) is -5.04. The van der Waals surface area contributed by atoms with Crippen molar-refractivity contribution in [2.75, 3.05) is 91.6 Å². The fourth-order valence-corrected chi connectivity index (χ4v) is 16.4. The number of hydrogen-bond acceptors (Lipinski definition) is 50. The molecule has 778 valence electrons. The highest BCUT2D eigenvalue weighted by molar-refractivity contribution is 5.83. The van der Waals surface area contributed by atoms with Crippen LogP contribution in [0.25, 0.3) is 0 Å². The van der Waals surface area contributed by atoms with Gasteiger partial charge < -0.3 is 255 Å². The summed E-state index contributed by atoms with van der Waals surface area (Å²) in [5.41, 5.74) is 84.1. The van der Waals surface area contributed by atoms with Crippen molar-refractivity contribution in [3.63, 3.8) is 0 Å². The smallest absolute Gasteiger partial charge is 0.237 e. The van der Waals surface area contributed by atoms with Gasteiger partial charge in [-0.25, -0.2) is 0 Å². The highest BCUT2D eigenvalue weighted by Crippen LogP contribution is 2.40. The Kier molecular flexibility index (Phi) is 47.8. The van der Waals surface area contributed by atoms with Crippen LogP contribution in [0.1, 0.15) is 96.3 Å². The Bertz CT molecular complexity index is 3490. The van der Waals surface area contributed by atoms with Gasteiger partial charge in [-0.15, -0.1) is 0 Å². The van der Waals surface area contributed by atoms with E-state index in [9.17, 15) is 105 Å². The Morgan fingerprint density at radius 3 is 0.619 bits per heavy atom. The average Bonchev–Trinajstić information content (AvgIpc) is 0.793. The van der Waals surface area contributed by atoms with Crippen molar-refractivity contribution < 1.29 is 172 Å². The van der Waals surface area contributed by atoms with Gasteiger partial charge in [0, 0.05) is 64.3 Å². The van der Waals surface area contributed by atoms with E-state index in [2.05, 4.69) is 37.2 Å². The Labute approximate surface area is 773 Å². The van der Waals surface area contributed by atoms with Gasteiger partial charge in [-0.05, 0) is 136 Å². The first kappa shape index (κ1) is 114. The molecule has 21 saturated heterocycles. The first-order chi connectivity index (χ1) is 63.8. The van der Waals surface area contributed by atoms with Crippen LogP contribution in [0.5, 0.6) is 0 Å². The third kappa shape index (κ3) is 31.3. The van der Waals surface area contributed by atoms with Gasteiger partial charge in [0.25, 0.3) is 0 Å². The molecule has 0 aliphatic carbocycles. The minimum atomic E-state index is -2.43. The number of aliphatic hydroxyl groups excluding tert-OH is 15. The Morgan fingerprint density at radius 1 is 0.239 bits per heavy atom. The first-order valence-corrected chi connectivity index (χ1v) is 45.7. The second-order valence-electron chi connectivity index (χ2n) is 34.9. The monoisotopic (exact) mass is 1940 g/mol. The van der Waals surface area contributed by atoms with Crippen LogP contribution in [0.4, 0.5) is 0 Å². The SMILES string of the molecule is NCCC[C@H](N)CC(=O)NC[C@H]1O[C@@H]2O[C@H]3[C@H](O)[C@@H](O)[C@@H](O[C@H]4[C@H](O)[C@@H](O)[C@@H](O[C@H]5[C@H](O)[C@@H](O)[C@@H](O[C@H]6[C@H](O)[C@@H](O)[C@@H](O[C@H]7[C@H](O)[C@@H](O)[C@@H](O[C@H]8[C@H](O)[C@@H](O)[C@@H](O[C@H]1[C@H](O)[C@H]2O)O[C@@H]8CNC(O)[C@@H](N)CCCN)O[C@@H]7CNC(=O)[C@@H](N)CCCN)O[C@@H]6CNC(=O)[C@@H](N)CCCN)O[C@@H]5CNC(=O)[C@@H](N)CCCN)O[C@@H]4CNC(=O)[C@@H](N)CCCN)O[C@@H]3CNC(=O)[C@@H](N)CCCN. The number of amides is 6. The van der Waals surface area contributed by atoms with E-state index in [4.69, 9.17) is 147 Å². The van der Waals surface area contributed by atoms with Crippen molar-refractivity contribution in [2.24, 2.45) is 80.3 Å². The van der Waals surface area contributed by atoms with E-state index in [-0.39, 0.29) is 129 Å². The zero-order valence-electron chi connectivity index (χ0n) is 74.8. The summed E-state index contributed by atoms with van der Waals surface area (Å²) < 4.78 is 88.6. The van der Waals surface area contributed by atoms with Crippen molar-refractivity contribution >= 4 is 35.4 Å². The molecule has 6 amide bonds. The highest BCUT2D eigenvalue weighted by atomic mass is 16.8. The molecule has 21 fully saturated rings. The lowest BCUT2D eigenvalue weighted by atomic mass is 9.94. The Hall–Kier alpha value is -4.94. The number of carbonyl (C=O) groups excluding carboxylic acids is 6. The van der Waals surface area contributed by atoms with Gasteiger partial charge in [0.15, 0.2) is 44.0 Å². The molecular formula is C78H151N21O35. The van der Waals surface area contributed by atoms with Crippen LogP contribution in [0.15, 0.2) is 0 Å². The second kappa shape index (κ2) is 56.0. The average molecular weight is 1940 g/mol. The lowest BCUT2D eigenvalue weighted by Gasteiger charge is -2.50. The summed E-state index contributed by atoms with van der Waals surface area (Å²) >= 11 is 0. The third-order valence-corrected chi connectivity index (χ3v) is 24.6. The number of aliphatic hydroxyl groups is 15. The van der Waals surface area contributed by atoms with E-state index < -0.39 is 345 Å². The van der Waals surface area contributed by atoms with E-state index in [0.717, 1.165) is 0 Å². The number of carbonyl (C=O) groups is 6. The number of nitrogens with one attached hydrogen (secondary N) is 7. The van der Waals surface area contributed by atoms with Gasteiger partial charge in [0.1, 0.15) is 177 Å². The van der Waals surface area contributed by atoms with Crippen LogP contribution in [0.3, 0.4) is 0 Å². The molecule has 134 heavy (non-hydrogen) atoms. The molecule has 0 spiro atoms. The zero-order chi connectivity index (χ0) is 98.6. The van der Waals surface area contributed by atoms with Crippen molar-refractivity contribution in [1.82, 2.24) is 37.2 Å². The van der Waals surface area contributed by atoms with Gasteiger partial charge in [0.05, 0.1) is 30.2 Å². The fraction of sp³-hybridized carbons (Fsp3) is 0.923. The van der Waals surface area contributed by atoms with Crippen LogP contribution in [-0.2, 0) is 95.1 Å². The van der Waals surface area contributed by atoms with Crippen LogP contribution in [-0.4, -0.2) is 467 Å². The quantitative estimate of drug-likeness (QED) is 0.0252. The topological polar surface area (TPSA) is 984 Å². The van der Waals surface area contributed by atoms with Crippen LogP contribution < -0.4 is 117 Å². The maximum atomic E-state index is 13.8. The molecule has 21 rings (SSSR count). The number of ether oxygens (including phenoxy) is 14. The Balaban J connectivity index is 1.29. The molecule has 21 aliphatic heterocycles. The molecule has 50 N–H and O–H groups in total. The minimum absolute atomic E-state index is 0.0226. The summed E-state index contributed by atoms with van der Waals surface area (Å²) in [6.45, 7) is -4.44. The van der Waals surface area contributed by atoms with Crippen LogP contribution in [0, 0.1) is 0 Å². The van der Waals surface area contributed by atoms with E-state index in [0.29, 0.717) is 12.8 Å². The molecule has 21 aliphatic rings. The summed E-state index contributed by atoms with van der Waals surface area (Å²) in [5, 5.41) is 204. The van der Waals surface area contributed by atoms with Crippen molar-refractivity contribution in [2.45, 2.75) is 360 Å². The lowest BCUT2D eigenvalue weighted by molar-refractivity contribution is -0.392. The lowest BCUT2D eigenvalue weighted by Crippen LogP contribution is -2.69. The molecule has 56 heteroatoms. The maximum absolute atomic E-state index is 13.8. The molecular weight excluding hydrogens is 1790 g/mol. The molecule has 56 nitrogen and oxygen atoms in total. The molecule has 0 aromatic rings. The molecule has 21 heterocycles. The predicted octanol–water partition coefficient (Wildman–Crippen LogP) is -20.7. The van der Waals surface area contributed by atoms with E-state index in [1.165, 1.54) is 0 Å². The maximum Gasteiger partial charge on any atom is 0.237 e. The van der Waals surface area contributed by atoms with Crippen LogP contribution in [0.2, 0.25) is 0 Å². The van der Waals surface area contributed by atoms with E-state index in [1.807, 2.05) is 0 Å². The molecule has 0 radical (unpaired) electrons. The zero-order valence-corrected chi connectivity index (χ0v) is 74.8. The summed E-state index contributed by atoms with van der Waals surface area (Å²) in [4.78, 5) is 82.9. The Morgan fingerprint density at radius 2 is 0.418 bits per heavy atom.